The second-order valence-electron chi connectivity index (χ2n) is 6.49. The molecule has 0 saturated carbocycles. The molecule has 0 aliphatic carbocycles. The van der Waals surface area contributed by atoms with Gasteiger partial charge in [-0.25, -0.2) is 14.4 Å². The maximum absolute atomic E-state index is 15.1. The molecule has 0 fully saturated rings. The molecule has 3 aromatic heterocycles. The van der Waals surface area contributed by atoms with Gasteiger partial charge in [-0.05, 0) is 42.0 Å². The van der Waals surface area contributed by atoms with E-state index < -0.39 is 6.17 Å². The van der Waals surface area contributed by atoms with Gasteiger partial charge in [0.2, 0.25) is 0 Å². The van der Waals surface area contributed by atoms with Crippen LogP contribution in [0, 0.1) is 11.3 Å². The summed E-state index contributed by atoms with van der Waals surface area (Å²) in [5, 5.41) is 9.65. The first-order valence-electron chi connectivity index (χ1n) is 8.75. The maximum Gasteiger partial charge on any atom is 0.251 e. The molecule has 0 aliphatic rings. The van der Waals surface area contributed by atoms with Crippen LogP contribution in [0.15, 0.2) is 65.5 Å². The van der Waals surface area contributed by atoms with Crippen LogP contribution in [-0.4, -0.2) is 14.5 Å². The van der Waals surface area contributed by atoms with Gasteiger partial charge >= 0.3 is 0 Å². The van der Waals surface area contributed by atoms with Crippen molar-refractivity contribution in [2.24, 2.45) is 7.05 Å². The quantitative estimate of drug-likeness (QED) is 0.501. The van der Waals surface area contributed by atoms with Crippen molar-refractivity contribution in [3.63, 3.8) is 0 Å². The van der Waals surface area contributed by atoms with Crippen LogP contribution >= 0.6 is 11.6 Å². The molecule has 4 rings (SSSR count). The highest BCUT2D eigenvalue weighted by atomic mass is 35.5. The molecular weight excluding hydrogens is 391 g/mol. The second kappa shape index (κ2) is 7.46. The Morgan fingerprint density at radius 2 is 1.86 bits per heavy atom. The summed E-state index contributed by atoms with van der Waals surface area (Å²) >= 11 is 5.89. The van der Waals surface area contributed by atoms with Crippen molar-refractivity contribution in [3.8, 4) is 17.3 Å². The first-order chi connectivity index (χ1) is 14.0. The molecule has 3 heterocycles. The van der Waals surface area contributed by atoms with Crippen LogP contribution in [0.5, 0.6) is 0 Å². The monoisotopic (exact) mass is 404 g/mol. The molecule has 7 heteroatoms. The van der Waals surface area contributed by atoms with Gasteiger partial charge < -0.3 is 4.57 Å². The zero-order valence-electron chi connectivity index (χ0n) is 15.3. The van der Waals surface area contributed by atoms with E-state index in [1.165, 1.54) is 10.6 Å². The molecule has 0 amide bonds. The highest BCUT2D eigenvalue weighted by molar-refractivity contribution is 6.30. The minimum Gasteiger partial charge on any atom is -0.310 e. The number of benzene rings is 1. The molecular formula is C22H14ClFN4O. The van der Waals surface area contributed by atoms with Gasteiger partial charge in [0.25, 0.3) is 5.56 Å². The van der Waals surface area contributed by atoms with Gasteiger partial charge in [-0.1, -0.05) is 29.8 Å². The predicted molar refractivity (Wildman–Crippen MR) is 109 cm³/mol. The number of alkyl halides is 1. The van der Waals surface area contributed by atoms with Crippen molar-refractivity contribution in [1.82, 2.24) is 14.5 Å². The van der Waals surface area contributed by atoms with Crippen LogP contribution < -0.4 is 5.56 Å². The Balaban J connectivity index is 1.93. The molecule has 142 valence electrons. The molecule has 0 N–H and O–H groups in total. The lowest BCUT2D eigenvalue weighted by Gasteiger charge is -2.13. The third-order valence-corrected chi connectivity index (χ3v) is 4.92. The minimum absolute atomic E-state index is 0.205. The highest BCUT2D eigenvalue weighted by Crippen LogP contribution is 2.30. The number of nitrogens with zero attached hydrogens (tertiary/aromatic N) is 4. The molecule has 0 spiro atoms. The normalized spacial score (nSPS) is 11.9. The van der Waals surface area contributed by atoms with Gasteiger partial charge in [0.05, 0.1) is 22.4 Å². The summed E-state index contributed by atoms with van der Waals surface area (Å²) in [6.07, 6.45) is -1.46. The number of aromatic nitrogens is 3. The summed E-state index contributed by atoms with van der Waals surface area (Å²) in [7, 11) is 1.63. The number of fused-ring (bicyclic) bond motifs is 1. The summed E-state index contributed by atoms with van der Waals surface area (Å²) in [5.74, 6) is 0. The van der Waals surface area contributed by atoms with E-state index in [4.69, 9.17) is 16.9 Å². The lowest BCUT2D eigenvalue weighted by molar-refractivity contribution is 0.394. The fourth-order valence-corrected chi connectivity index (χ4v) is 3.26. The van der Waals surface area contributed by atoms with Crippen LogP contribution in [-0.2, 0) is 7.05 Å². The van der Waals surface area contributed by atoms with Gasteiger partial charge in [-0.2, -0.15) is 5.26 Å². The van der Waals surface area contributed by atoms with E-state index in [1.807, 2.05) is 6.07 Å². The van der Waals surface area contributed by atoms with Crippen molar-refractivity contribution < 1.29 is 4.39 Å². The first kappa shape index (κ1) is 18.8. The van der Waals surface area contributed by atoms with Crippen molar-refractivity contribution >= 4 is 22.6 Å². The third-order valence-electron chi connectivity index (χ3n) is 4.67. The Hall–Kier alpha value is -3.56. The van der Waals surface area contributed by atoms with E-state index >= 15 is 4.39 Å². The molecule has 0 aliphatic heterocycles. The summed E-state index contributed by atoms with van der Waals surface area (Å²) < 4.78 is 16.6. The Morgan fingerprint density at radius 3 is 2.59 bits per heavy atom. The Morgan fingerprint density at radius 1 is 1.10 bits per heavy atom. The van der Waals surface area contributed by atoms with Gasteiger partial charge in [-0.3, -0.25) is 4.79 Å². The van der Waals surface area contributed by atoms with E-state index in [0.29, 0.717) is 32.9 Å². The Labute approximate surface area is 170 Å². The maximum atomic E-state index is 15.1. The molecule has 0 radical (unpaired) electrons. The van der Waals surface area contributed by atoms with E-state index in [9.17, 15) is 4.79 Å². The smallest absolute Gasteiger partial charge is 0.251 e. The summed E-state index contributed by atoms with van der Waals surface area (Å²) in [6.45, 7) is 0. The summed E-state index contributed by atoms with van der Waals surface area (Å²) in [4.78, 5) is 21.2. The van der Waals surface area contributed by atoms with Crippen LogP contribution in [0.25, 0.3) is 22.3 Å². The van der Waals surface area contributed by atoms with Crippen LogP contribution in [0.2, 0.25) is 5.02 Å². The number of rotatable bonds is 3. The molecule has 0 bridgehead atoms. The number of pyridine rings is 3. The van der Waals surface area contributed by atoms with E-state index in [0.717, 1.165) is 0 Å². The number of hydrogen-bond acceptors (Lipinski definition) is 4. The van der Waals surface area contributed by atoms with Crippen LogP contribution in [0.1, 0.15) is 23.1 Å². The standard InChI is InChI=1S/C22H14ClFN4O/c1-28-19-10-9-18(21(24)13-5-7-14(23)8-6-13)27-22(19)16(11-20(28)29)17-4-2-3-15(12-25)26-17/h2-11,21H,1H3. The first-order valence-corrected chi connectivity index (χ1v) is 9.13. The van der Waals surface area contributed by atoms with Crippen molar-refractivity contribution in [3.05, 3.63) is 93.0 Å². The Bertz CT molecular complexity index is 1330. The molecule has 5 nitrogen and oxygen atoms in total. The lowest BCUT2D eigenvalue weighted by atomic mass is 10.1. The van der Waals surface area contributed by atoms with E-state index in [2.05, 4.69) is 9.97 Å². The zero-order valence-corrected chi connectivity index (χ0v) is 16.1. The summed E-state index contributed by atoms with van der Waals surface area (Å²) in [5.41, 5.74) is 2.46. The molecule has 1 atom stereocenters. The lowest BCUT2D eigenvalue weighted by Crippen LogP contribution is -2.17. The third kappa shape index (κ3) is 3.48. The average Bonchev–Trinajstić information content (AvgIpc) is 2.76. The van der Waals surface area contributed by atoms with Crippen molar-refractivity contribution in [2.75, 3.05) is 0 Å². The van der Waals surface area contributed by atoms with Gasteiger partial charge in [0.15, 0.2) is 6.17 Å². The van der Waals surface area contributed by atoms with Gasteiger partial charge in [0.1, 0.15) is 11.8 Å². The SMILES string of the molecule is Cn1c(=O)cc(-c2cccc(C#N)n2)c2nc(C(F)c3ccc(Cl)cc3)ccc21. The number of aryl methyl sites for hydroxylation is 1. The average molecular weight is 405 g/mol. The van der Waals surface area contributed by atoms with E-state index in [1.54, 1.807) is 61.6 Å². The van der Waals surface area contributed by atoms with Crippen molar-refractivity contribution in [1.29, 1.82) is 5.26 Å². The number of halogens is 2. The molecule has 0 saturated heterocycles. The van der Waals surface area contributed by atoms with Gasteiger partial charge in [-0.15, -0.1) is 0 Å². The largest absolute Gasteiger partial charge is 0.310 e. The van der Waals surface area contributed by atoms with Crippen LogP contribution in [0.3, 0.4) is 0 Å². The second-order valence-corrected chi connectivity index (χ2v) is 6.93. The zero-order chi connectivity index (χ0) is 20.5. The van der Waals surface area contributed by atoms with E-state index in [-0.39, 0.29) is 16.9 Å². The fourth-order valence-electron chi connectivity index (χ4n) is 3.13. The highest BCUT2D eigenvalue weighted by Gasteiger charge is 2.18. The molecule has 1 unspecified atom stereocenters. The number of hydrogen-bond donors (Lipinski definition) is 0. The topological polar surface area (TPSA) is 71.6 Å². The van der Waals surface area contributed by atoms with Gasteiger partial charge in [0, 0.05) is 23.7 Å². The predicted octanol–water partition coefficient (Wildman–Crippen LogP) is 4.58. The number of nitriles is 1. The molecule has 1 aromatic carbocycles. The summed E-state index contributed by atoms with van der Waals surface area (Å²) in [6, 6.07) is 18.0. The van der Waals surface area contributed by atoms with Crippen LogP contribution in [0.4, 0.5) is 4.39 Å². The molecule has 4 aromatic rings. The van der Waals surface area contributed by atoms with Crippen molar-refractivity contribution in [2.45, 2.75) is 6.17 Å². The Kier molecular flexibility index (Phi) is 4.83. The minimum atomic E-state index is -1.46. The fraction of sp³-hybridized carbons (Fsp3) is 0.0909. The molecule has 29 heavy (non-hydrogen) atoms.